The van der Waals surface area contributed by atoms with Crippen LogP contribution in [0.25, 0.3) is 0 Å². The van der Waals surface area contributed by atoms with Crippen LogP contribution in [-0.2, 0) is 4.74 Å². The summed E-state index contributed by atoms with van der Waals surface area (Å²) in [6.07, 6.45) is -0.531. The number of hydrogen-bond donors (Lipinski definition) is 3. The Bertz CT molecular complexity index is 575. The van der Waals surface area contributed by atoms with E-state index in [9.17, 15) is 14.7 Å². The zero-order valence-corrected chi connectivity index (χ0v) is 15.3. The third-order valence-electron chi connectivity index (χ3n) is 3.24. The second kappa shape index (κ2) is 10.7. The van der Waals surface area contributed by atoms with Crippen LogP contribution in [0, 0.1) is 0 Å². The van der Waals surface area contributed by atoms with Gasteiger partial charge in [-0.15, -0.1) is 0 Å². The molecule has 0 aliphatic heterocycles. The summed E-state index contributed by atoms with van der Waals surface area (Å²) in [7, 11) is 0. The molecule has 1 atom stereocenters. The largest absolute Gasteiger partial charge is 0.490 e. The summed E-state index contributed by atoms with van der Waals surface area (Å²) in [4.78, 5) is 23.4. The fourth-order valence-corrected chi connectivity index (χ4v) is 1.97. The number of aliphatic hydroxyl groups excluding tert-OH is 1. The zero-order chi connectivity index (χ0) is 18.8. The van der Waals surface area contributed by atoms with Crippen LogP contribution in [-0.4, -0.2) is 48.9 Å². The van der Waals surface area contributed by atoms with Crippen LogP contribution in [0.15, 0.2) is 18.2 Å². The molecular weight excluding hydrogens is 324 g/mol. The highest BCUT2D eigenvalue weighted by molar-refractivity contribution is 5.98. The number of carbonyl (C=O) groups is 2. The van der Waals surface area contributed by atoms with Gasteiger partial charge in [0.05, 0.1) is 12.2 Å². The van der Waals surface area contributed by atoms with Crippen molar-refractivity contribution in [2.45, 2.75) is 46.3 Å². The number of anilines is 1. The maximum atomic E-state index is 11.8. The van der Waals surface area contributed by atoms with Gasteiger partial charge in [-0.3, -0.25) is 10.1 Å². The van der Waals surface area contributed by atoms with Crippen LogP contribution in [0.4, 0.5) is 10.5 Å². The molecular formula is C18H28N2O5. The van der Waals surface area contributed by atoms with Gasteiger partial charge in [0.25, 0.3) is 0 Å². The molecule has 1 amide bonds. The molecule has 0 aromatic heterocycles. The first kappa shape index (κ1) is 20.9. The summed E-state index contributed by atoms with van der Waals surface area (Å²) in [5.74, 6) is 0.166. The molecule has 140 valence electrons. The summed E-state index contributed by atoms with van der Waals surface area (Å²) < 4.78 is 10.5. The molecule has 7 heteroatoms. The normalized spacial score (nSPS) is 11.9. The maximum absolute atomic E-state index is 11.8. The number of ketones is 1. The molecule has 25 heavy (non-hydrogen) atoms. The van der Waals surface area contributed by atoms with E-state index in [1.165, 1.54) is 13.0 Å². The van der Waals surface area contributed by atoms with E-state index in [4.69, 9.17) is 9.47 Å². The second-order valence-electron chi connectivity index (χ2n) is 6.06. The molecule has 0 aliphatic carbocycles. The topological polar surface area (TPSA) is 96.9 Å². The average Bonchev–Trinajstić information content (AvgIpc) is 2.56. The lowest BCUT2D eigenvalue weighted by Crippen LogP contribution is -2.35. The lowest BCUT2D eigenvalue weighted by Gasteiger charge is -2.17. The van der Waals surface area contributed by atoms with Crippen molar-refractivity contribution < 1.29 is 24.2 Å². The van der Waals surface area contributed by atoms with E-state index in [-0.39, 0.29) is 18.4 Å². The first-order valence-electron chi connectivity index (χ1n) is 8.46. The van der Waals surface area contributed by atoms with Gasteiger partial charge in [0.2, 0.25) is 0 Å². The van der Waals surface area contributed by atoms with Gasteiger partial charge >= 0.3 is 6.09 Å². The molecule has 0 aliphatic rings. The maximum Gasteiger partial charge on any atom is 0.411 e. The summed E-state index contributed by atoms with van der Waals surface area (Å²) in [6, 6.07) is 5.01. The highest BCUT2D eigenvalue weighted by Crippen LogP contribution is 2.24. The molecule has 0 saturated heterocycles. The van der Waals surface area contributed by atoms with Crippen molar-refractivity contribution in [2.75, 3.05) is 25.1 Å². The molecule has 3 N–H and O–H groups in total. The van der Waals surface area contributed by atoms with E-state index in [0.29, 0.717) is 30.2 Å². The third kappa shape index (κ3) is 8.00. The Morgan fingerprint density at radius 1 is 1.28 bits per heavy atom. The van der Waals surface area contributed by atoms with Crippen LogP contribution in [0.3, 0.4) is 0 Å². The number of aliphatic hydroxyl groups is 1. The Morgan fingerprint density at radius 2 is 2.00 bits per heavy atom. The van der Waals surface area contributed by atoms with Gasteiger partial charge in [0.15, 0.2) is 5.78 Å². The number of rotatable bonds is 10. The van der Waals surface area contributed by atoms with Crippen molar-refractivity contribution >= 4 is 17.6 Å². The highest BCUT2D eigenvalue weighted by atomic mass is 16.5. The van der Waals surface area contributed by atoms with Gasteiger partial charge in [-0.2, -0.15) is 0 Å². The molecule has 7 nitrogen and oxygen atoms in total. The number of hydrogen-bond acceptors (Lipinski definition) is 6. The van der Waals surface area contributed by atoms with Crippen LogP contribution in [0.1, 0.15) is 44.5 Å². The van der Waals surface area contributed by atoms with E-state index in [2.05, 4.69) is 10.6 Å². The lowest BCUT2D eigenvalue weighted by atomic mass is 10.1. The minimum absolute atomic E-state index is 0.0608. The van der Waals surface area contributed by atoms with Crippen LogP contribution >= 0.6 is 0 Å². The van der Waals surface area contributed by atoms with Crippen molar-refractivity contribution in [1.82, 2.24) is 5.32 Å². The number of carbonyl (C=O) groups excluding carboxylic acids is 2. The SMILES string of the molecule is CCCOC(=O)Nc1ccc(OCC(O)CNC(C)C)c(C(C)=O)c1. The number of ether oxygens (including phenoxy) is 2. The smallest absolute Gasteiger partial charge is 0.411 e. The molecule has 1 rings (SSSR count). The van der Waals surface area contributed by atoms with Crippen molar-refractivity contribution in [1.29, 1.82) is 0 Å². The van der Waals surface area contributed by atoms with Gasteiger partial charge < -0.3 is 19.9 Å². The van der Waals surface area contributed by atoms with E-state index in [1.54, 1.807) is 12.1 Å². The lowest BCUT2D eigenvalue weighted by molar-refractivity contribution is 0.0968. The Kier molecular flexibility index (Phi) is 8.94. The summed E-state index contributed by atoms with van der Waals surface area (Å²) in [5.41, 5.74) is 0.776. The van der Waals surface area contributed by atoms with E-state index >= 15 is 0 Å². The molecule has 1 unspecified atom stereocenters. The first-order valence-corrected chi connectivity index (χ1v) is 8.46. The molecule has 0 heterocycles. The quantitative estimate of drug-likeness (QED) is 0.560. The first-order chi connectivity index (χ1) is 11.8. The molecule has 1 aromatic rings. The standard InChI is InChI=1S/C18H28N2O5/c1-5-8-24-18(23)20-14-6-7-17(16(9-14)13(4)21)25-11-15(22)10-19-12(2)3/h6-7,9,12,15,19,22H,5,8,10-11H2,1-4H3,(H,20,23). The van der Waals surface area contributed by atoms with Crippen LogP contribution in [0.2, 0.25) is 0 Å². The Labute approximate surface area is 148 Å². The van der Waals surface area contributed by atoms with Crippen molar-refractivity contribution in [3.05, 3.63) is 23.8 Å². The number of amides is 1. The predicted molar refractivity (Wildman–Crippen MR) is 96.3 cm³/mol. The number of benzene rings is 1. The number of nitrogens with one attached hydrogen (secondary N) is 2. The molecule has 0 bridgehead atoms. The molecule has 1 aromatic carbocycles. The second-order valence-corrected chi connectivity index (χ2v) is 6.06. The molecule has 0 saturated carbocycles. The van der Waals surface area contributed by atoms with Crippen LogP contribution in [0.5, 0.6) is 5.75 Å². The van der Waals surface area contributed by atoms with Gasteiger partial charge in [-0.05, 0) is 31.5 Å². The monoisotopic (exact) mass is 352 g/mol. The molecule has 0 radical (unpaired) electrons. The van der Waals surface area contributed by atoms with Crippen LogP contribution < -0.4 is 15.4 Å². The third-order valence-corrected chi connectivity index (χ3v) is 3.24. The minimum Gasteiger partial charge on any atom is -0.490 e. The minimum atomic E-state index is -0.691. The highest BCUT2D eigenvalue weighted by Gasteiger charge is 2.13. The van der Waals surface area contributed by atoms with Crippen molar-refractivity contribution in [3.63, 3.8) is 0 Å². The fraction of sp³-hybridized carbons (Fsp3) is 0.556. The van der Waals surface area contributed by atoms with E-state index < -0.39 is 12.2 Å². The van der Waals surface area contributed by atoms with E-state index in [0.717, 1.165) is 6.42 Å². The fourth-order valence-electron chi connectivity index (χ4n) is 1.97. The number of Topliss-reactive ketones (excluding diaryl/α,β-unsaturated/α-hetero) is 1. The Balaban J connectivity index is 2.71. The van der Waals surface area contributed by atoms with Gasteiger partial charge in [0, 0.05) is 18.3 Å². The zero-order valence-electron chi connectivity index (χ0n) is 15.3. The predicted octanol–water partition coefficient (Wildman–Crippen LogP) is 2.59. The Hall–Kier alpha value is -2.12. The van der Waals surface area contributed by atoms with Crippen molar-refractivity contribution in [3.8, 4) is 5.75 Å². The van der Waals surface area contributed by atoms with E-state index in [1.807, 2.05) is 20.8 Å². The summed E-state index contributed by atoms with van der Waals surface area (Å²) in [6.45, 7) is 8.07. The Morgan fingerprint density at radius 3 is 2.60 bits per heavy atom. The molecule has 0 spiro atoms. The van der Waals surface area contributed by atoms with Gasteiger partial charge in [-0.25, -0.2) is 4.79 Å². The summed E-state index contributed by atoms with van der Waals surface area (Å²) in [5, 5.41) is 15.6. The van der Waals surface area contributed by atoms with Crippen molar-refractivity contribution in [2.24, 2.45) is 0 Å². The summed E-state index contributed by atoms with van der Waals surface area (Å²) >= 11 is 0. The van der Waals surface area contributed by atoms with Gasteiger partial charge in [-0.1, -0.05) is 20.8 Å². The average molecular weight is 352 g/mol. The van der Waals surface area contributed by atoms with Gasteiger partial charge in [0.1, 0.15) is 18.5 Å². The molecule has 0 fully saturated rings.